The number of benzene rings is 2. The number of aliphatic hydroxyl groups is 1. The summed E-state index contributed by atoms with van der Waals surface area (Å²) in [4.78, 5) is 15.3. The third-order valence-corrected chi connectivity index (χ3v) is 3.14. The Morgan fingerprint density at radius 2 is 1.95 bits per heavy atom. The number of fused-ring (bicyclic) bond motifs is 1. The number of hydrogen-bond donors (Lipinski definition) is 3. The fraction of sp³-hybridized carbons (Fsp3) is 0.0625. The van der Waals surface area contributed by atoms with Gasteiger partial charge in [0.25, 0.3) is 5.91 Å². The van der Waals surface area contributed by atoms with E-state index < -0.39 is 0 Å². The van der Waals surface area contributed by atoms with E-state index in [9.17, 15) is 4.79 Å². The standard InChI is InChI=1S/C16H14N2O2/c19-10-11-4-3-6-13(8-11)17-16(20)15-9-12-5-1-2-7-14(12)18-15/h1-9,18-19H,10H2,(H,17,20). The molecular weight excluding hydrogens is 252 g/mol. The molecule has 100 valence electrons. The number of nitrogens with one attached hydrogen (secondary N) is 2. The van der Waals surface area contributed by atoms with Crippen molar-refractivity contribution >= 4 is 22.5 Å². The molecule has 4 heteroatoms. The zero-order valence-corrected chi connectivity index (χ0v) is 10.8. The van der Waals surface area contributed by atoms with E-state index >= 15 is 0 Å². The van der Waals surface area contributed by atoms with E-state index in [2.05, 4.69) is 10.3 Å². The zero-order valence-electron chi connectivity index (χ0n) is 10.8. The summed E-state index contributed by atoms with van der Waals surface area (Å²) in [7, 11) is 0. The van der Waals surface area contributed by atoms with Crippen molar-refractivity contribution in [3.63, 3.8) is 0 Å². The quantitative estimate of drug-likeness (QED) is 0.682. The topological polar surface area (TPSA) is 65.1 Å². The molecule has 0 saturated carbocycles. The monoisotopic (exact) mass is 266 g/mol. The van der Waals surface area contributed by atoms with Crippen LogP contribution in [0.4, 0.5) is 5.69 Å². The predicted octanol–water partition coefficient (Wildman–Crippen LogP) is 2.91. The van der Waals surface area contributed by atoms with Gasteiger partial charge in [-0.25, -0.2) is 0 Å². The molecule has 1 amide bonds. The van der Waals surface area contributed by atoms with Crippen LogP contribution in [0.2, 0.25) is 0 Å². The Kier molecular flexibility index (Phi) is 3.23. The van der Waals surface area contributed by atoms with Crippen LogP contribution in [0.15, 0.2) is 54.6 Å². The van der Waals surface area contributed by atoms with Crippen molar-refractivity contribution in [3.05, 3.63) is 65.9 Å². The Bertz CT molecular complexity index is 729. The molecule has 0 radical (unpaired) electrons. The van der Waals surface area contributed by atoms with Crippen LogP contribution in [0.5, 0.6) is 0 Å². The summed E-state index contributed by atoms with van der Waals surface area (Å²) in [5, 5.41) is 12.9. The Hall–Kier alpha value is -2.59. The smallest absolute Gasteiger partial charge is 0.272 e. The van der Waals surface area contributed by atoms with E-state index in [-0.39, 0.29) is 12.5 Å². The summed E-state index contributed by atoms with van der Waals surface area (Å²) in [5.74, 6) is -0.198. The minimum atomic E-state index is -0.198. The van der Waals surface area contributed by atoms with E-state index in [0.29, 0.717) is 11.4 Å². The maximum absolute atomic E-state index is 12.2. The van der Waals surface area contributed by atoms with Gasteiger partial charge in [-0.15, -0.1) is 0 Å². The first kappa shape index (κ1) is 12.4. The third kappa shape index (κ3) is 2.41. The molecule has 3 aromatic rings. The van der Waals surface area contributed by atoms with Crippen LogP contribution in [0.25, 0.3) is 10.9 Å². The highest BCUT2D eigenvalue weighted by molar-refractivity contribution is 6.05. The summed E-state index contributed by atoms with van der Waals surface area (Å²) in [6, 6.07) is 16.7. The minimum Gasteiger partial charge on any atom is -0.392 e. The number of aromatic amines is 1. The summed E-state index contributed by atoms with van der Waals surface area (Å²) >= 11 is 0. The van der Waals surface area contributed by atoms with E-state index in [4.69, 9.17) is 5.11 Å². The zero-order chi connectivity index (χ0) is 13.9. The molecule has 0 saturated heterocycles. The van der Waals surface area contributed by atoms with Gasteiger partial charge in [0.05, 0.1) is 6.61 Å². The number of carbonyl (C=O) groups is 1. The van der Waals surface area contributed by atoms with Crippen LogP contribution in [-0.4, -0.2) is 16.0 Å². The highest BCUT2D eigenvalue weighted by Crippen LogP contribution is 2.17. The third-order valence-electron chi connectivity index (χ3n) is 3.14. The maximum Gasteiger partial charge on any atom is 0.272 e. The first-order valence-electron chi connectivity index (χ1n) is 6.35. The molecule has 3 rings (SSSR count). The van der Waals surface area contributed by atoms with E-state index in [0.717, 1.165) is 16.5 Å². The molecule has 3 N–H and O–H groups in total. The van der Waals surface area contributed by atoms with Gasteiger partial charge in [0.15, 0.2) is 0 Å². The van der Waals surface area contributed by atoms with Crippen LogP contribution < -0.4 is 5.32 Å². The number of rotatable bonds is 3. The maximum atomic E-state index is 12.2. The highest BCUT2D eigenvalue weighted by atomic mass is 16.3. The second kappa shape index (κ2) is 5.19. The molecule has 0 aliphatic heterocycles. The van der Waals surface area contributed by atoms with Crippen molar-refractivity contribution < 1.29 is 9.90 Å². The van der Waals surface area contributed by atoms with Gasteiger partial charge in [-0.3, -0.25) is 4.79 Å². The number of hydrogen-bond acceptors (Lipinski definition) is 2. The first-order chi connectivity index (χ1) is 9.76. The van der Waals surface area contributed by atoms with E-state index in [1.54, 1.807) is 24.3 Å². The van der Waals surface area contributed by atoms with Crippen molar-refractivity contribution in [3.8, 4) is 0 Å². The van der Waals surface area contributed by atoms with E-state index in [1.165, 1.54) is 0 Å². The molecule has 0 bridgehead atoms. The van der Waals surface area contributed by atoms with Gasteiger partial charge < -0.3 is 15.4 Å². The SMILES string of the molecule is O=C(Nc1cccc(CO)c1)c1cc2ccccc2[nH]1. The molecule has 0 aliphatic rings. The van der Waals surface area contributed by atoms with Gasteiger partial charge >= 0.3 is 0 Å². The fourth-order valence-electron chi connectivity index (χ4n) is 2.14. The molecule has 20 heavy (non-hydrogen) atoms. The molecule has 1 heterocycles. The van der Waals surface area contributed by atoms with E-state index in [1.807, 2.05) is 30.3 Å². The van der Waals surface area contributed by atoms with Crippen LogP contribution in [0, 0.1) is 0 Å². The lowest BCUT2D eigenvalue weighted by atomic mass is 10.2. The lowest BCUT2D eigenvalue weighted by Crippen LogP contribution is -2.12. The van der Waals surface area contributed by atoms with Crippen molar-refractivity contribution in [2.24, 2.45) is 0 Å². The number of para-hydroxylation sites is 1. The Balaban J connectivity index is 1.85. The number of H-pyrrole nitrogens is 1. The first-order valence-corrected chi connectivity index (χ1v) is 6.35. The number of aliphatic hydroxyl groups excluding tert-OH is 1. The predicted molar refractivity (Wildman–Crippen MR) is 78.6 cm³/mol. The summed E-state index contributed by atoms with van der Waals surface area (Å²) in [5.41, 5.74) is 2.88. The van der Waals surface area contributed by atoms with Crippen molar-refractivity contribution in [2.75, 3.05) is 5.32 Å². The molecule has 1 aromatic heterocycles. The molecule has 0 spiro atoms. The van der Waals surface area contributed by atoms with Crippen molar-refractivity contribution in [1.29, 1.82) is 0 Å². The minimum absolute atomic E-state index is 0.0455. The van der Waals surface area contributed by atoms with Crippen molar-refractivity contribution in [1.82, 2.24) is 4.98 Å². The van der Waals surface area contributed by atoms with Gasteiger partial charge in [0, 0.05) is 16.6 Å². The number of aromatic nitrogens is 1. The second-order valence-electron chi connectivity index (χ2n) is 4.58. The Morgan fingerprint density at radius 3 is 2.75 bits per heavy atom. The molecule has 0 atom stereocenters. The van der Waals surface area contributed by atoms with Gasteiger partial charge in [-0.2, -0.15) is 0 Å². The van der Waals surface area contributed by atoms with Crippen LogP contribution in [0.3, 0.4) is 0 Å². The van der Waals surface area contributed by atoms with Crippen LogP contribution in [0.1, 0.15) is 16.1 Å². The second-order valence-corrected chi connectivity index (χ2v) is 4.58. The van der Waals surface area contributed by atoms with Gasteiger partial charge in [-0.1, -0.05) is 30.3 Å². The molecule has 4 nitrogen and oxygen atoms in total. The lowest BCUT2D eigenvalue weighted by Gasteiger charge is -2.05. The summed E-state index contributed by atoms with van der Waals surface area (Å²) in [6.45, 7) is -0.0455. The number of amides is 1. The molecular formula is C16H14N2O2. The highest BCUT2D eigenvalue weighted by Gasteiger charge is 2.09. The van der Waals surface area contributed by atoms with Crippen LogP contribution in [-0.2, 0) is 6.61 Å². The largest absolute Gasteiger partial charge is 0.392 e. The number of anilines is 1. The fourth-order valence-corrected chi connectivity index (χ4v) is 2.14. The number of carbonyl (C=O) groups excluding carboxylic acids is 1. The molecule has 0 aliphatic carbocycles. The Morgan fingerprint density at radius 1 is 1.10 bits per heavy atom. The molecule has 0 unspecified atom stereocenters. The average Bonchev–Trinajstić information content (AvgIpc) is 2.91. The van der Waals surface area contributed by atoms with Crippen LogP contribution >= 0.6 is 0 Å². The average molecular weight is 266 g/mol. The molecule has 2 aromatic carbocycles. The van der Waals surface area contributed by atoms with Gasteiger partial charge in [0.1, 0.15) is 5.69 Å². The van der Waals surface area contributed by atoms with Gasteiger partial charge in [0.2, 0.25) is 0 Å². The van der Waals surface area contributed by atoms with Gasteiger partial charge in [-0.05, 0) is 29.8 Å². The normalized spacial score (nSPS) is 10.7. The summed E-state index contributed by atoms with van der Waals surface area (Å²) in [6.07, 6.45) is 0. The summed E-state index contributed by atoms with van der Waals surface area (Å²) < 4.78 is 0. The Labute approximate surface area is 116 Å². The molecule has 0 fully saturated rings. The lowest BCUT2D eigenvalue weighted by molar-refractivity contribution is 0.102. The van der Waals surface area contributed by atoms with Crippen molar-refractivity contribution in [2.45, 2.75) is 6.61 Å².